The summed E-state index contributed by atoms with van der Waals surface area (Å²) >= 11 is 3.49. The molecule has 1 rings (SSSR count). The van der Waals surface area contributed by atoms with Crippen LogP contribution < -0.4 is 10.2 Å². The molecule has 0 saturated carbocycles. The Kier molecular flexibility index (Phi) is 5.50. The van der Waals surface area contributed by atoms with Crippen LogP contribution in [0.5, 0.6) is 5.75 Å². The van der Waals surface area contributed by atoms with E-state index in [1.807, 2.05) is 18.2 Å². The Hall–Kier alpha value is -0.483. The predicted octanol–water partition coefficient (Wildman–Crippen LogP) is 5.59. The maximum atomic E-state index is 6.58. The van der Waals surface area contributed by atoms with Crippen LogP contribution in [-0.4, -0.2) is 8.32 Å². The largest absolute Gasteiger partial charge is 0.543 e. The highest BCUT2D eigenvalue weighted by molar-refractivity contribution is 9.10. The van der Waals surface area contributed by atoms with Crippen LogP contribution in [0, 0.1) is 0 Å². The summed E-state index contributed by atoms with van der Waals surface area (Å²) < 4.78 is 7.55. The van der Waals surface area contributed by atoms with Crippen LogP contribution in [0.1, 0.15) is 41.5 Å². The van der Waals surface area contributed by atoms with Gasteiger partial charge in [-0.1, -0.05) is 57.5 Å². The first-order valence-corrected chi connectivity index (χ1v) is 9.88. The summed E-state index contributed by atoms with van der Waals surface area (Å²) in [4.78, 5) is 0. The molecule has 0 heterocycles. The van der Waals surface area contributed by atoms with Crippen molar-refractivity contribution in [2.75, 3.05) is 5.73 Å². The van der Waals surface area contributed by atoms with Gasteiger partial charge in [-0.2, -0.15) is 0 Å². The number of anilines is 1. The fourth-order valence-electron chi connectivity index (χ4n) is 3.20. The second-order valence-electron chi connectivity index (χ2n) is 6.14. The quantitative estimate of drug-likeness (QED) is 0.558. The lowest BCUT2D eigenvalue weighted by molar-refractivity contribution is 0.480. The zero-order valence-electron chi connectivity index (χ0n) is 12.8. The van der Waals surface area contributed by atoms with Crippen molar-refractivity contribution >= 4 is 29.9 Å². The van der Waals surface area contributed by atoms with E-state index in [-0.39, 0.29) is 0 Å². The molecular formula is C15H26BrNOSi. The summed E-state index contributed by atoms with van der Waals surface area (Å²) in [7, 11) is -1.89. The molecule has 0 radical (unpaired) electrons. The first-order chi connectivity index (χ1) is 8.70. The number of halogens is 1. The fraction of sp³-hybridized carbons (Fsp3) is 0.600. The summed E-state index contributed by atoms with van der Waals surface area (Å²) in [6, 6.07) is 5.85. The molecule has 1 aromatic carbocycles. The second-order valence-corrected chi connectivity index (χ2v) is 12.4. The molecule has 0 fully saturated rings. The van der Waals surface area contributed by atoms with Crippen LogP contribution in [0.25, 0.3) is 0 Å². The van der Waals surface area contributed by atoms with Crippen molar-refractivity contribution in [2.24, 2.45) is 0 Å². The van der Waals surface area contributed by atoms with Crippen LogP contribution in [0.3, 0.4) is 0 Å². The molecule has 2 nitrogen and oxygen atoms in total. The molecule has 1 aromatic rings. The molecule has 0 aliphatic carbocycles. The summed E-state index contributed by atoms with van der Waals surface area (Å²) in [5, 5.41) is 0. The van der Waals surface area contributed by atoms with Crippen LogP contribution in [0.15, 0.2) is 22.7 Å². The Morgan fingerprint density at radius 3 is 1.79 bits per heavy atom. The van der Waals surface area contributed by atoms with E-state index < -0.39 is 8.32 Å². The molecule has 4 heteroatoms. The topological polar surface area (TPSA) is 35.2 Å². The van der Waals surface area contributed by atoms with Gasteiger partial charge in [-0.3, -0.25) is 0 Å². The molecular weight excluding hydrogens is 318 g/mol. The minimum absolute atomic E-state index is 0.563. The Balaban J connectivity index is 3.20. The summed E-state index contributed by atoms with van der Waals surface area (Å²) in [5.41, 5.74) is 8.34. The van der Waals surface area contributed by atoms with Crippen molar-refractivity contribution in [3.63, 3.8) is 0 Å². The number of nitrogen functional groups attached to an aromatic ring is 1. The van der Waals surface area contributed by atoms with Crippen LogP contribution >= 0.6 is 15.9 Å². The van der Waals surface area contributed by atoms with Gasteiger partial charge in [0.2, 0.25) is 0 Å². The van der Waals surface area contributed by atoms with E-state index in [4.69, 9.17) is 10.2 Å². The van der Waals surface area contributed by atoms with Gasteiger partial charge in [0.15, 0.2) is 0 Å². The van der Waals surface area contributed by atoms with Crippen LogP contribution in [0.4, 0.5) is 5.69 Å². The summed E-state index contributed by atoms with van der Waals surface area (Å²) in [6.07, 6.45) is 0. The lowest BCUT2D eigenvalue weighted by Gasteiger charge is -2.42. The van der Waals surface area contributed by atoms with Gasteiger partial charge < -0.3 is 10.2 Å². The molecule has 0 aliphatic rings. The van der Waals surface area contributed by atoms with E-state index in [1.54, 1.807) is 0 Å². The number of hydrogen-bond donors (Lipinski definition) is 1. The van der Waals surface area contributed by atoms with E-state index in [2.05, 4.69) is 57.5 Å². The van der Waals surface area contributed by atoms with E-state index >= 15 is 0 Å². The Morgan fingerprint density at radius 1 is 0.947 bits per heavy atom. The van der Waals surface area contributed by atoms with Gasteiger partial charge in [0.05, 0.1) is 0 Å². The third-order valence-corrected chi connectivity index (χ3v) is 10.4. The van der Waals surface area contributed by atoms with Gasteiger partial charge in [0.25, 0.3) is 8.32 Å². The fourth-order valence-corrected chi connectivity index (χ4v) is 8.92. The van der Waals surface area contributed by atoms with Crippen LogP contribution in [-0.2, 0) is 0 Å². The minimum atomic E-state index is -1.89. The normalized spacial score (nSPS) is 12.5. The van der Waals surface area contributed by atoms with Crippen molar-refractivity contribution in [3.8, 4) is 5.75 Å². The molecule has 0 saturated heterocycles. The van der Waals surface area contributed by atoms with Gasteiger partial charge >= 0.3 is 0 Å². The molecule has 0 aromatic heterocycles. The molecule has 0 unspecified atom stereocenters. The van der Waals surface area contributed by atoms with Crippen molar-refractivity contribution in [1.82, 2.24) is 0 Å². The van der Waals surface area contributed by atoms with Gasteiger partial charge in [-0.25, -0.2) is 0 Å². The lowest BCUT2D eigenvalue weighted by Crippen LogP contribution is -2.50. The van der Waals surface area contributed by atoms with Gasteiger partial charge in [-0.05, 0) is 28.8 Å². The Morgan fingerprint density at radius 2 is 1.42 bits per heavy atom. The SMILES string of the molecule is CC(C)[Si](Oc1cc(N)cc(Br)c1)(C(C)C)C(C)C. The van der Waals surface area contributed by atoms with Crippen LogP contribution in [0.2, 0.25) is 16.6 Å². The van der Waals surface area contributed by atoms with Crippen molar-refractivity contribution in [1.29, 1.82) is 0 Å². The number of hydrogen-bond acceptors (Lipinski definition) is 2. The maximum Gasteiger partial charge on any atom is 0.258 e. The van der Waals surface area contributed by atoms with E-state index in [0.717, 1.165) is 15.9 Å². The van der Waals surface area contributed by atoms with Crippen molar-refractivity contribution in [3.05, 3.63) is 22.7 Å². The standard InChI is InChI=1S/C15H26BrNOSi/c1-10(2)19(11(3)4,12(5)6)18-15-8-13(16)7-14(17)9-15/h7-12H,17H2,1-6H3. The molecule has 19 heavy (non-hydrogen) atoms. The lowest BCUT2D eigenvalue weighted by atomic mass is 10.3. The van der Waals surface area contributed by atoms with E-state index in [9.17, 15) is 0 Å². The summed E-state index contributed by atoms with van der Waals surface area (Å²) in [5.74, 6) is 0.898. The molecule has 0 spiro atoms. The summed E-state index contributed by atoms with van der Waals surface area (Å²) in [6.45, 7) is 13.7. The monoisotopic (exact) mass is 343 g/mol. The first kappa shape index (κ1) is 16.6. The van der Waals surface area contributed by atoms with Crippen molar-refractivity contribution < 1.29 is 4.43 Å². The molecule has 0 amide bonds. The molecule has 0 atom stereocenters. The number of nitrogens with two attached hydrogens (primary N) is 1. The first-order valence-electron chi connectivity index (χ1n) is 6.95. The average Bonchev–Trinajstić information content (AvgIpc) is 2.22. The maximum absolute atomic E-state index is 6.58. The van der Waals surface area contributed by atoms with Gasteiger partial charge in [0.1, 0.15) is 5.75 Å². The molecule has 108 valence electrons. The third kappa shape index (κ3) is 3.54. The molecule has 0 aliphatic heterocycles. The van der Waals surface area contributed by atoms with E-state index in [0.29, 0.717) is 16.6 Å². The zero-order valence-corrected chi connectivity index (χ0v) is 15.4. The second kappa shape index (κ2) is 6.31. The average molecular weight is 344 g/mol. The minimum Gasteiger partial charge on any atom is -0.543 e. The molecule has 0 bridgehead atoms. The van der Waals surface area contributed by atoms with Gasteiger partial charge in [-0.15, -0.1) is 0 Å². The number of benzene rings is 1. The van der Waals surface area contributed by atoms with Crippen molar-refractivity contribution in [2.45, 2.75) is 58.2 Å². The Labute approximate surface area is 127 Å². The van der Waals surface area contributed by atoms with E-state index in [1.165, 1.54) is 0 Å². The highest BCUT2D eigenvalue weighted by Gasteiger charge is 2.47. The molecule has 2 N–H and O–H groups in total. The van der Waals surface area contributed by atoms with Gasteiger partial charge in [0, 0.05) is 16.2 Å². The number of rotatable bonds is 5. The highest BCUT2D eigenvalue weighted by atomic mass is 79.9. The third-order valence-electron chi connectivity index (χ3n) is 3.90. The Bertz CT molecular complexity index is 390. The smallest absolute Gasteiger partial charge is 0.258 e. The zero-order chi connectivity index (χ0) is 14.8. The highest BCUT2D eigenvalue weighted by Crippen LogP contribution is 2.43. The predicted molar refractivity (Wildman–Crippen MR) is 90.2 cm³/mol.